The molecule has 6 fully saturated rings. The lowest BCUT2D eigenvalue weighted by molar-refractivity contribution is -0.187. The van der Waals surface area contributed by atoms with Gasteiger partial charge in [0.15, 0.2) is 6.29 Å². The van der Waals surface area contributed by atoms with Crippen LogP contribution in [0, 0.1) is 57.7 Å². The maximum absolute atomic E-state index is 14.0. The average Bonchev–Trinajstić information content (AvgIpc) is 3.95. The third kappa shape index (κ3) is 14.4. The summed E-state index contributed by atoms with van der Waals surface area (Å²) in [4.78, 5) is 71.2. The second kappa shape index (κ2) is 24.9. The van der Waals surface area contributed by atoms with Crippen LogP contribution in [0.15, 0.2) is 48.7 Å². The molecule has 1 heterocycles. The zero-order chi connectivity index (χ0) is 55.4. The molecule has 0 radical (unpaired) electrons. The van der Waals surface area contributed by atoms with E-state index in [2.05, 4.69) is 46.5 Å². The predicted molar refractivity (Wildman–Crippen MR) is 298 cm³/mol. The van der Waals surface area contributed by atoms with Crippen LogP contribution in [-0.2, 0) is 42.9 Å². The number of carbonyl (C=O) groups is 5. The summed E-state index contributed by atoms with van der Waals surface area (Å²) in [5, 5.41) is 12.8. The number of hydrogen-bond acceptors (Lipinski definition) is 12. The molecule has 1 atom stereocenters. The highest BCUT2D eigenvalue weighted by Crippen LogP contribution is 2.45. The van der Waals surface area contributed by atoms with Crippen LogP contribution in [0.2, 0.25) is 0 Å². The zero-order valence-electron chi connectivity index (χ0n) is 48.0. The monoisotopic (exact) mass is 1080 g/mol. The van der Waals surface area contributed by atoms with E-state index in [1.54, 1.807) is 18.2 Å². The summed E-state index contributed by atoms with van der Waals surface area (Å²) in [5.74, 6) is -0.0853. The van der Waals surface area contributed by atoms with Crippen LogP contribution in [0.25, 0.3) is 22.0 Å². The molecule has 0 amide bonds. The van der Waals surface area contributed by atoms with Crippen LogP contribution < -0.4 is 9.47 Å². The van der Waals surface area contributed by atoms with Crippen molar-refractivity contribution in [2.24, 2.45) is 57.7 Å². The third-order valence-electron chi connectivity index (χ3n) is 19.7. The summed E-state index contributed by atoms with van der Waals surface area (Å²) < 4.78 is 36.6. The molecule has 0 saturated heterocycles. The van der Waals surface area contributed by atoms with Gasteiger partial charge in [-0.25, -0.2) is 0 Å². The summed E-state index contributed by atoms with van der Waals surface area (Å²) in [6, 6.07) is 13.0. The first kappa shape index (κ1) is 57.9. The molecule has 0 aliphatic heterocycles. The molecule has 1 aromatic heterocycles. The number of ether oxygens (including phenoxy) is 6. The van der Waals surface area contributed by atoms with E-state index < -0.39 is 17.6 Å². The molecule has 9 rings (SSSR count). The number of fused-ring (bicyclic) bond motifs is 1. The van der Waals surface area contributed by atoms with Gasteiger partial charge in [0.2, 0.25) is 0 Å². The molecule has 6 aliphatic rings. The lowest BCUT2D eigenvalue weighted by Gasteiger charge is -2.39. The molecule has 6 aliphatic carbocycles. The van der Waals surface area contributed by atoms with Gasteiger partial charge in [0.05, 0.1) is 40.9 Å². The molecule has 428 valence electrons. The van der Waals surface area contributed by atoms with Crippen molar-refractivity contribution in [3.63, 3.8) is 0 Å². The van der Waals surface area contributed by atoms with Gasteiger partial charge in [0.25, 0.3) is 0 Å². The van der Waals surface area contributed by atoms with E-state index in [0.717, 1.165) is 80.7 Å². The van der Waals surface area contributed by atoms with E-state index >= 15 is 0 Å². The van der Waals surface area contributed by atoms with E-state index in [0.29, 0.717) is 124 Å². The molecule has 0 unspecified atom stereocenters. The molecule has 0 spiro atoms. The van der Waals surface area contributed by atoms with Crippen LogP contribution in [0.4, 0.5) is 0 Å². The van der Waals surface area contributed by atoms with Gasteiger partial charge in [-0.2, -0.15) is 0 Å². The minimum Gasteiger partial charge on any atom is -0.462 e. The topological polar surface area (TPSA) is 177 Å². The number of benzene rings is 2. The zero-order valence-corrected chi connectivity index (χ0v) is 48.0. The first-order valence-electron chi connectivity index (χ1n) is 30.3. The summed E-state index contributed by atoms with van der Waals surface area (Å²) in [7, 11) is 0. The van der Waals surface area contributed by atoms with E-state index in [1.807, 2.05) is 37.4 Å². The van der Waals surface area contributed by atoms with Crippen molar-refractivity contribution in [2.45, 2.75) is 233 Å². The summed E-state index contributed by atoms with van der Waals surface area (Å²) in [5.41, 5.74) is 1.04. The van der Waals surface area contributed by atoms with Gasteiger partial charge >= 0.3 is 29.8 Å². The molecule has 13 nitrogen and oxygen atoms in total. The number of aromatic nitrogens is 1. The number of carbonyl (C=O) groups excluding carboxylic acids is 5. The van der Waals surface area contributed by atoms with Crippen molar-refractivity contribution >= 4 is 40.6 Å². The number of aromatic amines is 1. The Morgan fingerprint density at radius 1 is 0.538 bits per heavy atom. The molecular formula is C65H91NO12. The summed E-state index contributed by atoms with van der Waals surface area (Å²) in [6.07, 6.45) is 18.4. The van der Waals surface area contributed by atoms with Crippen LogP contribution in [0.1, 0.15) is 203 Å². The van der Waals surface area contributed by atoms with Crippen molar-refractivity contribution in [2.75, 3.05) is 0 Å². The fraction of sp³-hybridized carbons (Fsp3) is 0.708. The van der Waals surface area contributed by atoms with Gasteiger partial charge in [0.1, 0.15) is 29.8 Å². The smallest absolute Gasteiger partial charge is 0.317 e. The molecule has 3 aromatic rings. The van der Waals surface area contributed by atoms with E-state index in [4.69, 9.17) is 28.4 Å². The van der Waals surface area contributed by atoms with Gasteiger partial charge in [-0.15, -0.1) is 0 Å². The number of nitrogens with one attached hydrogen (secondary N) is 1. The standard InChI is InChI=1S/C65H91NO12/c1-63(2,3)46-20-16-42(17-21-46)58(68)74-49-26-24-48(25-27-49)73-57(67)40-12-14-41(15-13-40)61(71)78-55-33-32-52(38-54(55)56-53-11-9-8-10-45(53)39-66-56)77-62(72)65(7)36-34-44(35-37-65)60(70)76-51-30-28-50(29-31-51)75-59(69)43-18-22-47(23-19-43)64(4,5)6/h8-11,32-33,38-44,46-51,58,66,68H,12-31,34-37H2,1-7H3/t40?,41?,42?,43?,44?,46?,47?,48?,49?,50?,51?,58-,65?/m1/s1. The maximum atomic E-state index is 14.0. The van der Waals surface area contributed by atoms with Gasteiger partial charge in [-0.05, 0) is 207 Å². The number of esters is 5. The Bertz CT molecular complexity index is 2520. The van der Waals surface area contributed by atoms with Crippen LogP contribution in [-0.4, -0.2) is 70.6 Å². The van der Waals surface area contributed by atoms with Gasteiger partial charge in [-0.3, -0.25) is 24.0 Å². The number of rotatable bonds is 14. The molecule has 2 N–H and O–H groups in total. The fourth-order valence-corrected chi connectivity index (χ4v) is 13.9. The molecule has 13 heteroatoms. The first-order chi connectivity index (χ1) is 37.2. The quantitative estimate of drug-likeness (QED) is 0.0677. The molecule has 78 heavy (non-hydrogen) atoms. The molecule has 2 aromatic carbocycles. The minimum absolute atomic E-state index is 0.0161. The lowest BCUT2D eigenvalue weighted by Crippen LogP contribution is -2.39. The van der Waals surface area contributed by atoms with Gasteiger partial charge in [-0.1, -0.05) is 65.8 Å². The highest BCUT2D eigenvalue weighted by molar-refractivity contribution is 5.98. The van der Waals surface area contributed by atoms with Gasteiger partial charge in [0, 0.05) is 23.1 Å². The lowest BCUT2D eigenvalue weighted by atomic mass is 9.70. The largest absolute Gasteiger partial charge is 0.462 e. The average molecular weight is 1080 g/mol. The van der Waals surface area contributed by atoms with Crippen molar-refractivity contribution < 1.29 is 57.5 Å². The SMILES string of the molecule is CC1(C(=O)Oc2ccc(OC(=O)C3CCC(C(=O)OC4CCC(O[C@@H](O)C5CCC(C(C)(C)C)CC5)CC4)CC3)c(-c3[nH]cc4ccccc34)c2)CCC(C(=O)OC2CCC(OC(=O)C3CCC(C(C)(C)C)CC3)CC2)CC1. The normalized spacial score (nSPS) is 31.6. The number of aliphatic hydroxyl groups excluding tert-OH is 1. The van der Waals surface area contributed by atoms with Gasteiger partial charge < -0.3 is 38.5 Å². The molecule has 0 bridgehead atoms. The Morgan fingerprint density at radius 3 is 1.50 bits per heavy atom. The summed E-state index contributed by atoms with van der Waals surface area (Å²) >= 11 is 0. The minimum atomic E-state index is -0.815. The highest BCUT2D eigenvalue weighted by Gasteiger charge is 2.43. The van der Waals surface area contributed by atoms with Crippen LogP contribution in [0.5, 0.6) is 11.5 Å². The Kier molecular flexibility index (Phi) is 18.5. The third-order valence-corrected chi connectivity index (χ3v) is 19.7. The summed E-state index contributed by atoms with van der Waals surface area (Å²) in [6.45, 7) is 15.6. The second-order valence-corrected chi connectivity index (χ2v) is 27.1. The maximum Gasteiger partial charge on any atom is 0.317 e. The highest BCUT2D eigenvalue weighted by atomic mass is 16.6. The van der Waals surface area contributed by atoms with Crippen molar-refractivity contribution in [3.8, 4) is 22.8 Å². The number of aliphatic hydroxyl groups is 1. The van der Waals surface area contributed by atoms with Crippen molar-refractivity contribution in [1.82, 2.24) is 4.98 Å². The Balaban J connectivity index is 0.719. The predicted octanol–water partition coefficient (Wildman–Crippen LogP) is 13.9. The van der Waals surface area contributed by atoms with E-state index in [9.17, 15) is 29.1 Å². The molecular weight excluding hydrogens is 987 g/mol. The number of H-pyrrole nitrogens is 1. The van der Waals surface area contributed by atoms with Crippen molar-refractivity contribution in [3.05, 3.63) is 48.7 Å². The van der Waals surface area contributed by atoms with E-state index in [1.165, 1.54) is 0 Å². The Morgan fingerprint density at radius 2 is 0.987 bits per heavy atom. The first-order valence-corrected chi connectivity index (χ1v) is 30.3. The van der Waals surface area contributed by atoms with Crippen molar-refractivity contribution in [1.29, 1.82) is 0 Å². The molecule has 6 saturated carbocycles. The van der Waals surface area contributed by atoms with E-state index in [-0.39, 0.29) is 83.3 Å². The van der Waals surface area contributed by atoms with Crippen LogP contribution in [0.3, 0.4) is 0 Å². The van der Waals surface area contributed by atoms with Crippen LogP contribution >= 0.6 is 0 Å². The Hall–Kier alpha value is -4.75. The number of hydrogen-bond donors (Lipinski definition) is 2. The Labute approximate surface area is 463 Å². The fourth-order valence-electron chi connectivity index (χ4n) is 13.9. The second-order valence-electron chi connectivity index (χ2n) is 27.1.